The molecule has 0 aliphatic carbocycles. The summed E-state index contributed by atoms with van der Waals surface area (Å²) in [6.45, 7) is 3.99. The zero-order valence-corrected chi connectivity index (χ0v) is 19.2. The number of ether oxygens (including phenoxy) is 1. The molecular weight excluding hydrogens is 418 g/mol. The molecule has 4 aromatic rings. The molecule has 0 bridgehead atoms. The van der Waals surface area contributed by atoms with Gasteiger partial charge in [0.15, 0.2) is 0 Å². The van der Waals surface area contributed by atoms with Crippen molar-refractivity contribution >= 4 is 33.9 Å². The molecule has 0 aliphatic rings. The quantitative estimate of drug-likeness (QED) is 0.281. The highest BCUT2D eigenvalue weighted by Crippen LogP contribution is 2.29. The molecule has 0 fully saturated rings. The van der Waals surface area contributed by atoms with Crippen molar-refractivity contribution in [1.29, 1.82) is 0 Å². The van der Waals surface area contributed by atoms with E-state index in [0.717, 1.165) is 45.8 Å². The van der Waals surface area contributed by atoms with Gasteiger partial charge >= 0.3 is 0 Å². The van der Waals surface area contributed by atoms with Gasteiger partial charge in [-0.25, -0.2) is 10.4 Å². The number of pyridine rings is 1. The van der Waals surface area contributed by atoms with E-state index in [9.17, 15) is 4.79 Å². The van der Waals surface area contributed by atoms with Crippen LogP contribution in [0.25, 0.3) is 21.5 Å². The maximum absolute atomic E-state index is 13.0. The summed E-state index contributed by atoms with van der Waals surface area (Å²) in [7, 11) is 1.66. The normalized spacial score (nSPS) is 11.5. The number of aromatic nitrogens is 1. The first-order valence-electron chi connectivity index (χ1n) is 10.5. The molecule has 0 saturated carbocycles. The molecular formula is C26H25N3O2S. The van der Waals surface area contributed by atoms with E-state index in [1.54, 1.807) is 18.4 Å². The monoisotopic (exact) mass is 443 g/mol. The Balaban J connectivity index is 1.51. The number of fused-ring (bicyclic) bond motifs is 1. The van der Waals surface area contributed by atoms with Crippen LogP contribution in [0.3, 0.4) is 0 Å². The molecule has 32 heavy (non-hydrogen) atoms. The fraction of sp³-hybridized carbons (Fsp3) is 0.192. The van der Waals surface area contributed by atoms with E-state index in [-0.39, 0.29) is 5.91 Å². The van der Waals surface area contributed by atoms with Crippen molar-refractivity contribution in [3.05, 3.63) is 82.7 Å². The van der Waals surface area contributed by atoms with E-state index in [4.69, 9.17) is 9.72 Å². The van der Waals surface area contributed by atoms with Gasteiger partial charge in [0.2, 0.25) is 0 Å². The van der Waals surface area contributed by atoms with Gasteiger partial charge in [0.25, 0.3) is 5.91 Å². The molecule has 2 aromatic heterocycles. The largest absolute Gasteiger partial charge is 0.497 e. The average Bonchev–Trinajstić information content (AvgIpc) is 3.27. The van der Waals surface area contributed by atoms with Crippen molar-refractivity contribution in [2.75, 3.05) is 7.11 Å². The molecule has 2 heterocycles. The van der Waals surface area contributed by atoms with Crippen molar-refractivity contribution in [3.63, 3.8) is 0 Å². The summed E-state index contributed by atoms with van der Waals surface area (Å²) >= 11 is 1.67. The predicted octanol–water partition coefficient (Wildman–Crippen LogP) is 6.02. The van der Waals surface area contributed by atoms with E-state index in [1.807, 2.05) is 67.6 Å². The zero-order chi connectivity index (χ0) is 22.5. The molecule has 1 amide bonds. The Labute approximate surface area is 191 Å². The second-order valence-corrected chi connectivity index (χ2v) is 8.91. The van der Waals surface area contributed by atoms with Crippen molar-refractivity contribution in [2.24, 2.45) is 5.10 Å². The van der Waals surface area contributed by atoms with Crippen LogP contribution >= 0.6 is 11.3 Å². The van der Waals surface area contributed by atoms with Gasteiger partial charge in [0, 0.05) is 16.0 Å². The van der Waals surface area contributed by atoms with Crippen molar-refractivity contribution < 1.29 is 9.53 Å². The predicted molar refractivity (Wildman–Crippen MR) is 132 cm³/mol. The minimum Gasteiger partial charge on any atom is -0.497 e. The Morgan fingerprint density at radius 3 is 2.59 bits per heavy atom. The van der Waals surface area contributed by atoms with Crippen LogP contribution < -0.4 is 10.2 Å². The molecule has 0 saturated heterocycles. The van der Waals surface area contributed by atoms with E-state index < -0.39 is 0 Å². The number of para-hydroxylation sites is 1. The third-order valence-corrected chi connectivity index (χ3v) is 6.26. The number of rotatable bonds is 7. The van der Waals surface area contributed by atoms with Gasteiger partial charge in [-0.2, -0.15) is 5.10 Å². The second kappa shape index (κ2) is 9.75. The van der Waals surface area contributed by atoms with Gasteiger partial charge in [0.05, 0.1) is 28.8 Å². The van der Waals surface area contributed by atoms with Crippen LogP contribution in [0, 0.1) is 6.92 Å². The van der Waals surface area contributed by atoms with Gasteiger partial charge < -0.3 is 4.74 Å². The fourth-order valence-electron chi connectivity index (χ4n) is 3.44. The average molecular weight is 444 g/mol. The summed E-state index contributed by atoms with van der Waals surface area (Å²) in [5, 5.41) is 5.15. The molecule has 0 unspecified atom stereocenters. The standard InChI is InChI=1S/C26H25N3O2S/c1-17(8-10-19-11-13-20(31-3)14-12-19)28-29-26(30)22-16-24(25-15-9-18(2)32-25)27-23-7-5-4-6-21(22)23/h4-7,9,11-16H,8,10H2,1-3H3,(H,29,30)/b28-17-. The highest BCUT2D eigenvalue weighted by Gasteiger charge is 2.14. The van der Waals surface area contributed by atoms with Crippen LogP contribution in [-0.4, -0.2) is 23.7 Å². The van der Waals surface area contributed by atoms with Crippen molar-refractivity contribution in [1.82, 2.24) is 10.4 Å². The minimum absolute atomic E-state index is 0.234. The topological polar surface area (TPSA) is 63.6 Å². The number of aryl methyl sites for hydroxylation is 2. The number of hydrazone groups is 1. The fourth-order valence-corrected chi connectivity index (χ4v) is 4.27. The molecule has 0 radical (unpaired) electrons. The smallest absolute Gasteiger partial charge is 0.272 e. The first kappa shape index (κ1) is 21.7. The Kier molecular flexibility index (Phi) is 6.61. The number of benzene rings is 2. The summed E-state index contributed by atoms with van der Waals surface area (Å²) in [6, 6.07) is 21.6. The van der Waals surface area contributed by atoms with Crippen LogP contribution in [0.1, 0.15) is 34.1 Å². The van der Waals surface area contributed by atoms with E-state index >= 15 is 0 Å². The zero-order valence-electron chi connectivity index (χ0n) is 18.4. The number of nitrogens with one attached hydrogen (secondary N) is 1. The molecule has 4 rings (SSSR count). The first-order valence-corrected chi connectivity index (χ1v) is 11.3. The lowest BCUT2D eigenvalue weighted by Crippen LogP contribution is -2.20. The lowest BCUT2D eigenvalue weighted by atomic mass is 10.1. The van der Waals surface area contributed by atoms with E-state index in [0.29, 0.717) is 5.56 Å². The molecule has 0 atom stereocenters. The summed E-state index contributed by atoms with van der Waals surface area (Å²) in [6.07, 6.45) is 1.60. The van der Waals surface area contributed by atoms with Gasteiger partial charge in [-0.05, 0) is 68.7 Å². The third-order valence-electron chi connectivity index (χ3n) is 5.24. The number of hydrogen-bond donors (Lipinski definition) is 1. The Morgan fingerprint density at radius 1 is 1.09 bits per heavy atom. The molecule has 5 nitrogen and oxygen atoms in total. The highest BCUT2D eigenvalue weighted by atomic mass is 32.1. The summed E-state index contributed by atoms with van der Waals surface area (Å²) in [5.41, 5.74) is 6.96. The molecule has 162 valence electrons. The maximum atomic E-state index is 13.0. The highest BCUT2D eigenvalue weighted by molar-refractivity contribution is 7.15. The van der Waals surface area contributed by atoms with Crippen LogP contribution in [0.2, 0.25) is 0 Å². The Hall–Kier alpha value is -3.51. The number of nitrogens with zero attached hydrogens (tertiary/aromatic N) is 2. The molecule has 1 N–H and O–H groups in total. The van der Waals surface area contributed by atoms with Crippen LogP contribution in [0.15, 0.2) is 71.8 Å². The lowest BCUT2D eigenvalue weighted by Gasteiger charge is -2.09. The summed E-state index contributed by atoms with van der Waals surface area (Å²) in [5.74, 6) is 0.606. The van der Waals surface area contributed by atoms with Crippen molar-refractivity contribution in [2.45, 2.75) is 26.7 Å². The van der Waals surface area contributed by atoms with Gasteiger partial charge in [-0.3, -0.25) is 4.79 Å². The van der Waals surface area contributed by atoms with Crippen LogP contribution in [0.4, 0.5) is 0 Å². The molecule has 0 spiro atoms. The Morgan fingerprint density at radius 2 is 1.88 bits per heavy atom. The SMILES string of the molecule is COc1ccc(CC/C(C)=N\NC(=O)c2cc(-c3ccc(C)s3)nc3ccccc23)cc1. The van der Waals surface area contributed by atoms with Gasteiger partial charge in [0.1, 0.15) is 5.75 Å². The number of hydrogen-bond acceptors (Lipinski definition) is 5. The van der Waals surface area contributed by atoms with Crippen LogP contribution in [-0.2, 0) is 6.42 Å². The van der Waals surface area contributed by atoms with Crippen molar-refractivity contribution in [3.8, 4) is 16.3 Å². The van der Waals surface area contributed by atoms with Gasteiger partial charge in [-0.15, -0.1) is 11.3 Å². The number of amides is 1. The first-order chi connectivity index (χ1) is 15.5. The number of carbonyl (C=O) groups is 1. The number of thiophene rings is 1. The maximum Gasteiger partial charge on any atom is 0.272 e. The summed E-state index contributed by atoms with van der Waals surface area (Å²) < 4.78 is 5.19. The molecule has 0 aliphatic heterocycles. The summed E-state index contributed by atoms with van der Waals surface area (Å²) in [4.78, 5) is 20.0. The third kappa shape index (κ3) is 5.03. The van der Waals surface area contributed by atoms with E-state index in [1.165, 1.54) is 10.4 Å². The molecule has 6 heteroatoms. The Bertz CT molecular complexity index is 1280. The van der Waals surface area contributed by atoms with Gasteiger partial charge in [-0.1, -0.05) is 30.3 Å². The second-order valence-electron chi connectivity index (χ2n) is 7.62. The lowest BCUT2D eigenvalue weighted by molar-refractivity contribution is 0.0956. The van der Waals surface area contributed by atoms with E-state index in [2.05, 4.69) is 23.5 Å². The minimum atomic E-state index is -0.234. The number of carbonyl (C=O) groups excluding carboxylic acids is 1. The molecule has 2 aromatic carbocycles. The van der Waals surface area contributed by atoms with Crippen LogP contribution in [0.5, 0.6) is 5.75 Å². The number of methoxy groups -OCH3 is 1.